The standard InChI is InChI=1S/C28H30O5/c1-19(29)27(31-4)18-22-10-14-25(15-11-22)32-20(2)21(3)33-26-16-12-24(13-17-26)28(30)23-8-6-5-7-9-23/h5-17,20-21,27H,18H2,1-4H3/t20-,21-,27+/m1/s1. The lowest BCUT2D eigenvalue weighted by Crippen LogP contribution is -2.31. The van der Waals surface area contributed by atoms with Gasteiger partial charge in [0.2, 0.25) is 0 Å². The summed E-state index contributed by atoms with van der Waals surface area (Å²) < 4.78 is 17.3. The second kappa shape index (κ2) is 11.4. The van der Waals surface area contributed by atoms with Crippen molar-refractivity contribution in [1.29, 1.82) is 0 Å². The number of carbonyl (C=O) groups excluding carboxylic acids is 2. The van der Waals surface area contributed by atoms with E-state index in [4.69, 9.17) is 14.2 Å². The van der Waals surface area contributed by atoms with Crippen LogP contribution in [-0.4, -0.2) is 37.0 Å². The average Bonchev–Trinajstić information content (AvgIpc) is 2.83. The Morgan fingerprint density at radius 3 is 1.70 bits per heavy atom. The maximum atomic E-state index is 12.5. The second-order valence-corrected chi connectivity index (χ2v) is 8.05. The average molecular weight is 447 g/mol. The van der Waals surface area contributed by atoms with Crippen molar-refractivity contribution in [2.24, 2.45) is 0 Å². The fourth-order valence-electron chi connectivity index (χ4n) is 3.37. The minimum atomic E-state index is -0.432. The van der Waals surface area contributed by atoms with Crippen molar-refractivity contribution < 1.29 is 23.8 Å². The van der Waals surface area contributed by atoms with E-state index in [1.807, 2.05) is 56.3 Å². The number of ketones is 2. The Balaban J connectivity index is 1.54. The molecule has 3 rings (SSSR count). The van der Waals surface area contributed by atoms with Crippen LogP contribution in [0.5, 0.6) is 11.5 Å². The molecule has 0 amide bonds. The molecule has 0 radical (unpaired) electrons. The molecular formula is C28H30O5. The number of hydrogen-bond donors (Lipinski definition) is 0. The van der Waals surface area contributed by atoms with Gasteiger partial charge in [-0.15, -0.1) is 0 Å². The van der Waals surface area contributed by atoms with E-state index in [9.17, 15) is 9.59 Å². The molecule has 0 saturated heterocycles. The first-order chi connectivity index (χ1) is 15.9. The van der Waals surface area contributed by atoms with Crippen LogP contribution >= 0.6 is 0 Å². The Morgan fingerprint density at radius 1 is 0.727 bits per heavy atom. The maximum absolute atomic E-state index is 12.5. The fraction of sp³-hybridized carbons (Fsp3) is 0.286. The van der Waals surface area contributed by atoms with Crippen molar-refractivity contribution in [3.05, 3.63) is 95.6 Å². The highest BCUT2D eigenvalue weighted by Crippen LogP contribution is 2.20. The van der Waals surface area contributed by atoms with E-state index in [0.717, 1.165) is 11.3 Å². The zero-order valence-corrected chi connectivity index (χ0v) is 19.5. The Kier molecular flexibility index (Phi) is 8.39. The Bertz CT molecular complexity index is 1040. The van der Waals surface area contributed by atoms with E-state index in [-0.39, 0.29) is 23.8 Å². The van der Waals surface area contributed by atoms with E-state index in [2.05, 4.69) is 0 Å². The van der Waals surface area contributed by atoms with E-state index < -0.39 is 6.10 Å². The number of hydrogen-bond acceptors (Lipinski definition) is 5. The van der Waals surface area contributed by atoms with Crippen molar-refractivity contribution in [2.75, 3.05) is 7.11 Å². The minimum Gasteiger partial charge on any atom is -0.487 e. The van der Waals surface area contributed by atoms with Crippen LogP contribution in [0, 0.1) is 0 Å². The summed E-state index contributed by atoms with van der Waals surface area (Å²) in [6, 6.07) is 24.0. The Hall–Kier alpha value is -3.44. The van der Waals surface area contributed by atoms with Gasteiger partial charge in [-0.05, 0) is 62.7 Å². The smallest absolute Gasteiger partial charge is 0.193 e. The summed E-state index contributed by atoms with van der Waals surface area (Å²) in [6.45, 7) is 5.42. The summed E-state index contributed by atoms with van der Waals surface area (Å²) in [6.07, 6.45) is -0.316. The summed E-state index contributed by atoms with van der Waals surface area (Å²) in [4.78, 5) is 24.1. The summed E-state index contributed by atoms with van der Waals surface area (Å²) in [5.74, 6) is 1.39. The van der Waals surface area contributed by atoms with Crippen molar-refractivity contribution in [3.63, 3.8) is 0 Å². The van der Waals surface area contributed by atoms with Crippen LogP contribution in [0.3, 0.4) is 0 Å². The molecule has 0 spiro atoms. The van der Waals surface area contributed by atoms with Crippen molar-refractivity contribution in [3.8, 4) is 11.5 Å². The SMILES string of the molecule is CO[C@@H](Cc1ccc(O[C@H](C)[C@@H](C)Oc2ccc(C(=O)c3ccccc3)cc2)cc1)C(C)=O. The molecule has 0 aliphatic heterocycles. The molecule has 0 N–H and O–H groups in total. The van der Waals surface area contributed by atoms with Crippen molar-refractivity contribution in [2.45, 2.75) is 45.5 Å². The number of rotatable bonds is 11. The lowest BCUT2D eigenvalue weighted by atomic mass is 10.0. The van der Waals surface area contributed by atoms with Gasteiger partial charge < -0.3 is 14.2 Å². The Labute approximate surface area is 195 Å². The van der Waals surface area contributed by atoms with Crippen molar-refractivity contribution >= 4 is 11.6 Å². The largest absolute Gasteiger partial charge is 0.487 e. The molecule has 172 valence electrons. The van der Waals surface area contributed by atoms with Gasteiger partial charge in [-0.3, -0.25) is 9.59 Å². The predicted octanol–water partition coefficient (Wildman–Crippen LogP) is 5.30. The number of benzene rings is 3. The van der Waals surface area contributed by atoms with E-state index in [0.29, 0.717) is 23.3 Å². The van der Waals surface area contributed by atoms with Gasteiger partial charge in [-0.25, -0.2) is 0 Å². The van der Waals surface area contributed by atoms with Gasteiger partial charge in [0, 0.05) is 24.7 Å². The van der Waals surface area contributed by atoms with Crippen LogP contribution in [0.1, 0.15) is 42.3 Å². The fourth-order valence-corrected chi connectivity index (χ4v) is 3.37. The third-order valence-electron chi connectivity index (χ3n) is 5.54. The van der Waals surface area contributed by atoms with Crippen LogP contribution in [0.2, 0.25) is 0 Å². The summed E-state index contributed by atoms with van der Waals surface area (Å²) >= 11 is 0. The highest BCUT2D eigenvalue weighted by Gasteiger charge is 2.17. The van der Waals surface area contributed by atoms with E-state index in [1.54, 1.807) is 43.5 Å². The lowest BCUT2D eigenvalue weighted by molar-refractivity contribution is -0.126. The molecule has 0 aliphatic rings. The first-order valence-electron chi connectivity index (χ1n) is 11.0. The monoisotopic (exact) mass is 446 g/mol. The van der Waals surface area contributed by atoms with Crippen LogP contribution < -0.4 is 9.47 Å². The molecule has 5 nitrogen and oxygen atoms in total. The van der Waals surface area contributed by atoms with Gasteiger partial charge >= 0.3 is 0 Å². The second-order valence-electron chi connectivity index (χ2n) is 8.05. The van der Waals surface area contributed by atoms with Crippen LogP contribution in [0.15, 0.2) is 78.9 Å². The summed E-state index contributed by atoms with van der Waals surface area (Å²) in [5.41, 5.74) is 2.28. The molecule has 0 aromatic heterocycles. The van der Waals surface area contributed by atoms with Gasteiger partial charge in [-0.2, -0.15) is 0 Å². The zero-order valence-electron chi connectivity index (χ0n) is 19.5. The van der Waals surface area contributed by atoms with Crippen molar-refractivity contribution in [1.82, 2.24) is 0 Å². The first-order valence-corrected chi connectivity index (χ1v) is 11.0. The predicted molar refractivity (Wildman–Crippen MR) is 128 cm³/mol. The molecule has 0 heterocycles. The molecule has 3 aromatic carbocycles. The van der Waals surface area contributed by atoms with Gasteiger partial charge in [0.05, 0.1) is 0 Å². The van der Waals surface area contributed by atoms with Gasteiger partial charge in [-0.1, -0.05) is 42.5 Å². The van der Waals surface area contributed by atoms with E-state index >= 15 is 0 Å². The number of carbonyl (C=O) groups is 2. The maximum Gasteiger partial charge on any atom is 0.193 e. The van der Waals surface area contributed by atoms with Crippen LogP contribution in [0.4, 0.5) is 0 Å². The number of ether oxygens (including phenoxy) is 3. The first kappa shape index (κ1) is 24.2. The highest BCUT2D eigenvalue weighted by atomic mass is 16.5. The molecule has 3 aromatic rings. The number of Topliss-reactive ketones (excluding diaryl/α,β-unsaturated/α-hetero) is 1. The molecule has 0 saturated carbocycles. The third kappa shape index (κ3) is 6.77. The van der Waals surface area contributed by atoms with Crippen LogP contribution in [0.25, 0.3) is 0 Å². The molecule has 0 unspecified atom stereocenters. The molecule has 3 atom stereocenters. The molecule has 33 heavy (non-hydrogen) atoms. The molecular weight excluding hydrogens is 416 g/mol. The quantitative estimate of drug-likeness (QED) is 0.374. The summed E-state index contributed by atoms with van der Waals surface area (Å²) in [7, 11) is 1.54. The van der Waals surface area contributed by atoms with Gasteiger partial charge in [0.1, 0.15) is 29.8 Å². The molecule has 0 fully saturated rings. The molecule has 0 bridgehead atoms. The Morgan fingerprint density at radius 2 is 1.21 bits per heavy atom. The molecule has 5 heteroatoms. The molecule has 0 aliphatic carbocycles. The van der Waals surface area contributed by atoms with E-state index in [1.165, 1.54) is 6.92 Å². The normalized spacial score (nSPS) is 13.6. The van der Waals surface area contributed by atoms with Crippen LogP contribution in [-0.2, 0) is 16.0 Å². The number of methoxy groups -OCH3 is 1. The zero-order chi connectivity index (χ0) is 23.8. The van der Waals surface area contributed by atoms with Gasteiger partial charge in [0.15, 0.2) is 11.6 Å². The van der Waals surface area contributed by atoms with Gasteiger partial charge in [0.25, 0.3) is 0 Å². The lowest BCUT2D eigenvalue weighted by Gasteiger charge is -2.23. The topological polar surface area (TPSA) is 61.8 Å². The highest BCUT2D eigenvalue weighted by molar-refractivity contribution is 6.08. The minimum absolute atomic E-state index is 0.00915. The third-order valence-corrected chi connectivity index (χ3v) is 5.54. The summed E-state index contributed by atoms with van der Waals surface area (Å²) in [5, 5.41) is 0.